The second-order valence-electron chi connectivity index (χ2n) is 3.14. The molecule has 68 valence electrons. The first-order valence-corrected chi connectivity index (χ1v) is 4.71. The largest absolute Gasteiger partial charge is 0.0985 e. The Labute approximate surface area is 76.7 Å². The molecule has 0 aromatic rings. The Kier molecular flexibility index (Phi) is 6.45. The van der Waals surface area contributed by atoms with Gasteiger partial charge in [0, 0.05) is 0 Å². The maximum absolute atomic E-state index is 3.95. The van der Waals surface area contributed by atoms with Gasteiger partial charge in [0.2, 0.25) is 0 Å². The summed E-state index contributed by atoms with van der Waals surface area (Å²) in [4.78, 5) is 0. The van der Waals surface area contributed by atoms with E-state index in [9.17, 15) is 0 Å². The summed E-state index contributed by atoms with van der Waals surface area (Å²) in [6, 6.07) is 0. The lowest BCUT2D eigenvalue weighted by Crippen LogP contribution is -1.84. The summed E-state index contributed by atoms with van der Waals surface area (Å²) in [6.45, 7) is 13.7. The normalized spacial score (nSPS) is 9.42. The zero-order valence-electron chi connectivity index (χ0n) is 8.23. The van der Waals surface area contributed by atoms with Crippen LogP contribution < -0.4 is 0 Å². The molecule has 0 aromatic heterocycles. The van der Waals surface area contributed by atoms with E-state index in [1.807, 2.05) is 0 Å². The Morgan fingerprint density at radius 3 is 2.33 bits per heavy atom. The van der Waals surface area contributed by atoms with Crippen LogP contribution in [0.4, 0.5) is 0 Å². The molecule has 0 aliphatic carbocycles. The van der Waals surface area contributed by atoms with Crippen molar-refractivity contribution in [1.29, 1.82) is 0 Å². The lowest BCUT2D eigenvalue weighted by molar-refractivity contribution is 0.667. The van der Waals surface area contributed by atoms with E-state index in [4.69, 9.17) is 0 Å². The minimum absolute atomic E-state index is 0.992. The highest BCUT2D eigenvalue weighted by molar-refractivity contribution is 5.33. The average molecular weight is 164 g/mol. The minimum Gasteiger partial charge on any atom is -0.0985 e. The van der Waals surface area contributed by atoms with Gasteiger partial charge < -0.3 is 0 Å². The molecule has 0 nitrogen and oxygen atoms in total. The molecule has 0 aromatic carbocycles. The predicted octanol–water partition coefficient (Wildman–Crippen LogP) is 4.26. The van der Waals surface area contributed by atoms with Gasteiger partial charge >= 0.3 is 0 Å². The van der Waals surface area contributed by atoms with Gasteiger partial charge in [-0.1, -0.05) is 52.0 Å². The van der Waals surface area contributed by atoms with E-state index in [1.165, 1.54) is 25.7 Å². The molecular formula is C12H20. The van der Waals surface area contributed by atoms with Crippen molar-refractivity contribution in [2.45, 2.75) is 39.0 Å². The van der Waals surface area contributed by atoms with Gasteiger partial charge in [0.05, 0.1) is 0 Å². The number of hydrogen-bond acceptors (Lipinski definition) is 0. The van der Waals surface area contributed by atoms with Crippen molar-refractivity contribution in [2.24, 2.45) is 0 Å². The van der Waals surface area contributed by atoms with Crippen molar-refractivity contribution in [2.75, 3.05) is 0 Å². The van der Waals surface area contributed by atoms with Gasteiger partial charge in [-0.05, 0) is 24.0 Å². The maximum Gasteiger partial charge on any atom is -0.0279 e. The highest BCUT2D eigenvalue weighted by Gasteiger charge is 1.95. The molecule has 0 amide bonds. The second kappa shape index (κ2) is 6.90. The van der Waals surface area contributed by atoms with Crippen LogP contribution in [0.25, 0.3) is 0 Å². The summed E-state index contributed by atoms with van der Waals surface area (Å²) >= 11 is 0. The number of unbranched alkanes of at least 4 members (excludes halogenated alkanes) is 3. The summed E-state index contributed by atoms with van der Waals surface area (Å²) in [7, 11) is 0. The van der Waals surface area contributed by atoms with Crippen molar-refractivity contribution in [1.82, 2.24) is 0 Å². The van der Waals surface area contributed by atoms with E-state index in [0.29, 0.717) is 0 Å². The van der Waals surface area contributed by atoms with Gasteiger partial charge in [0.25, 0.3) is 0 Å². The highest BCUT2D eigenvalue weighted by atomic mass is 14.0. The van der Waals surface area contributed by atoms with Crippen LogP contribution in [0.5, 0.6) is 0 Å². The van der Waals surface area contributed by atoms with Gasteiger partial charge in [0.1, 0.15) is 0 Å². The molecule has 0 fully saturated rings. The Bertz CT molecular complexity index is 163. The first-order chi connectivity index (χ1) is 5.72. The fourth-order valence-electron chi connectivity index (χ4n) is 1.07. The van der Waals surface area contributed by atoms with Crippen LogP contribution in [-0.2, 0) is 0 Å². The van der Waals surface area contributed by atoms with E-state index in [0.717, 1.165) is 17.6 Å². The molecule has 0 radical (unpaired) electrons. The molecule has 0 atom stereocenters. The lowest BCUT2D eigenvalue weighted by atomic mass is 10.0. The smallest absolute Gasteiger partial charge is 0.0279 e. The lowest BCUT2D eigenvalue weighted by Gasteiger charge is -2.03. The molecule has 12 heavy (non-hydrogen) atoms. The molecule has 0 heterocycles. The summed E-state index contributed by atoms with van der Waals surface area (Å²) in [5, 5.41) is 0. The molecule has 0 spiro atoms. The van der Waals surface area contributed by atoms with Gasteiger partial charge in [-0.3, -0.25) is 0 Å². The van der Waals surface area contributed by atoms with Gasteiger partial charge in [-0.25, -0.2) is 0 Å². The molecular weight excluding hydrogens is 144 g/mol. The van der Waals surface area contributed by atoms with Crippen molar-refractivity contribution in [3.63, 3.8) is 0 Å². The molecule has 0 aliphatic rings. The third kappa shape index (κ3) is 4.95. The van der Waals surface area contributed by atoms with Crippen LogP contribution in [0.15, 0.2) is 37.0 Å². The molecule has 0 rings (SSSR count). The second-order valence-corrected chi connectivity index (χ2v) is 3.14. The molecule has 0 heteroatoms. The SMILES string of the molecule is C=CC(=C)C(=C)CCCCCC. The van der Waals surface area contributed by atoms with E-state index in [2.05, 4.69) is 26.7 Å². The van der Waals surface area contributed by atoms with Crippen molar-refractivity contribution in [3.8, 4) is 0 Å². The summed E-state index contributed by atoms with van der Waals surface area (Å²) in [5.41, 5.74) is 2.13. The van der Waals surface area contributed by atoms with Gasteiger partial charge in [0.15, 0.2) is 0 Å². The van der Waals surface area contributed by atoms with Crippen LogP contribution in [0, 0.1) is 0 Å². The standard InChI is InChI=1S/C12H20/c1-5-7-8-9-10-12(4)11(3)6-2/h6H,2-5,7-10H2,1H3. The molecule has 0 unspecified atom stereocenters. The zero-order chi connectivity index (χ0) is 9.40. The van der Waals surface area contributed by atoms with Crippen molar-refractivity contribution >= 4 is 0 Å². The quantitative estimate of drug-likeness (QED) is 0.389. The van der Waals surface area contributed by atoms with Crippen LogP contribution in [0.3, 0.4) is 0 Å². The third-order valence-electron chi connectivity index (χ3n) is 2.03. The topological polar surface area (TPSA) is 0 Å². The van der Waals surface area contributed by atoms with E-state index in [1.54, 1.807) is 6.08 Å². The summed E-state index contributed by atoms with van der Waals surface area (Å²) < 4.78 is 0. The van der Waals surface area contributed by atoms with E-state index < -0.39 is 0 Å². The number of rotatable bonds is 7. The molecule has 0 bridgehead atoms. The minimum atomic E-state index is 0.992. The van der Waals surface area contributed by atoms with E-state index >= 15 is 0 Å². The molecule has 0 aliphatic heterocycles. The Morgan fingerprint density at radius 1 is 1.17 bits per heavy atom. The predicted molar refractivity (Wildman–Crippen MR) is 57.2 cm³/mol. The Balaban J connectivity index is 3.44. The molecule has 0 saturated carbocycles. The summed E-state index contributed by atoms with van der Waals surface area (Å²) in [5.74, 6) is 0. The zero-order valence-corrected chi connectivity index (χ0v) is 8.23. The first kappa shape index (κ1) is 11.2. The Morgan fingerprint density at radius 2 is 1.83 bits per heavy atom. The van der Waals surface area contributed by atoms with Crippen molar-refractivity contribution in [3.05, 3.63) is 37.0 Å². The van der Waals surface area contributed by atoms with Crippen LogP contribution >= 0.6 is 0 Å². The fraction of sp³-hybridized carbons (Fsp3) is 0.500. The Hall–Kier alpha value is -0.780. The van der Waals surface area contributed by atoms with Gasteiger partial charge in [-0.15, -0.1) is 0 Å². The average Bonchev–Trinajstić information content (AvgIpc) is 2.10. The monoisotopic (exact) mass is 164 g/mol. The maximum atomic E-state index is 3.95. The van der Waals surface area contributed by atoms with Crippen LogP contribution in [0.1, 0.15) is 39.0 Å². The van der Waals surface area contributed by atoms with Gasteiger partial charge in [-0.2, -0.15) is 0 Å². The third-order valence-corrected chi connectivity index (χ3v) is 2.03. The fourth-order valence-corrected chi connectivity index (χ4v) is 1.07. The first-order valence-electron chi connectivity index (χ1n) is 4.71. The molecule has 0 N–H and O–H groups in total. The highest BCUT2D eigenvalue weighted by Crippen LogP contribution is 2.15. The van der Waals surface area contributed by atoms with Crippen LogP contribution in [0.2, 0.25) is 0 Å². The van der Waals surface area contributed by atoms with Crippen molar-refractivity contribution < 1.29 is 0 Å². The number of hydrogen-bond donors (Lipinski definition) is 0. The summed E-state index contributed by atoms with van der Waals surface area (Å²) in [6.07, 6.45) is 8.01. The molecule has 0 saturated heterocycles. The number of allylic oxidation sites excluding steroid dienone is 3. The van der Waals surface area contributed by atoms with Crippen LogP contribution in [-0.4, -0.2) is 0 Å². The van der Waals surface area contributed by atoms with E-state index in [-0.39, 0.29) is 0 Å².